The lowest BCUT2D eigenvalue weighted by Gasteiger charge is -2.30. The Hall–Kier alpha value is -5.91. The zero-order chi connectivity index (χ0) is 48.9. The summed E-state index contributed by atoms with van der Waals surface area (Å²) in [6.45, 7) is 12.4. The predicted molar refractivity (Wildman–Crippen MR) is 223 cm³/mol. The van der Waals surface area contributed by atoms with Crippen LogP contribution in [0.2, 0.25) is 0 Å². The molecule has 10 atom stereocenters. The van der Waals surface area contributed by atoms with E-state index in [1.54, 1.807) is 27.7 Å². The van der Waals surface area contributed by atoms with Gasteiger partial charge in [0.05, 0.1) is 25.6 Å². The van der Waals surface area contributed by atoms with Crippen molar-refractivity contribution >= 4 is 65.2 Å². The fraction of sp³-hybridized carbons (Fsp3) is 0.718. The van der Waals surface area contributed by atoms with E-state index in [2.05, 4.69) is 42.5 Å². The number of amides is 8. The van der Waals surface area contributed by atoms with Gasteiger partial charge in [-0.25, -0.2) is 4.79 Å². The first kappa shape index (κ1) is 57.1. The van der Waals surface area contributed by atoms with Crippen molar-refractivity contribution in [2.24, 2.45) is 29.4 Å². The largest absolute Gasteiger partial charge is 0.481 e. The van der Waals surface area contributed by atoms with Crippen molar-refractivity contribution in [1.29, 1.82) is 0 Å². The molecule has 0 saturated heterocycles. The summed E-state index contributed by atoms with van der Waals surface area (Å²) in [6, 6.07) is -11.3. The number of rotatable bonds is 29. The highest BCUT2D eigenvalue weighted by Gasteiger charge is 2.36. The molecular weight excluding hydrogens is 834 g/mol. The molecule has 0 saturated carbocycles. The van der Waals surface area contributed by atoms with E-state index < -0.39 is 164 Å². The lowest BCUT2D eigenvalue weighted by molar-refractivity contribution is -0.144. The van der Waals surface area contributed by atoms with Gasteiger partial charge < -0.3 is 68.7 Å². The van der Waals surface area contributed by atoms with E-state index in [1.165, 1.54) is 34.6 Å². The summed E-state index contributed by atoms with van der Waals surface area (Å²) in [5, 5.41) is 56.7. The van der Waals surface area contributed by atoms with Crippen molar-refractivity contribution in [2.75, 3.05) is 13.2 Å². The molecule has 0 aromatic heterocycles. The molecule has 0 heterocycles. The molecule has 8 amide bonds. The van der Waals surface area contributed by atoms with Crippen molar-refractivity contribution in [3.63, 3.8) is 0 Å². The molecule has 0 fully saturated rings. The van der Waals surface area contributed by atoms with E-state index in [9.17, 15) is 73.2 Å². The van der Waals surface area contributed by atoms with Crippen molar-refractivity contribution < 1.29 is 73.2 Å². The average Bonchev–Trinajstić information content (AvgIpc) is 3.20. The highest BCUT2D eigenvalue weighted by Crippen LogP contribution is 2.13. The molecule has 0 unspecified atom stereocenters. The van der Waals surface area contributed by atoms with Gasteiger partial charge in [0.15, 0.2) is 0 Å². The van der Waals surface area contributed by atoms with Gasteiger partial charge in [-0.3, -0.25) is 47.9 Å². The molecule has 24 nitrogen and oxygen atoms in total. The highest BCUT2D eigenvalue weighted by atomic mass is 16.4. The second-order valence-electron chi connectivity index (χ2n) is 16.0. The number of aliphatic hydroxyl groups excluding tert-OH is 1. The minimum absolute atomic E-state index is 0.345. The van der Waals surface area contributed by atoms with Gasteiger partial charge >= 0.3 is 17.9 Å². The van der Waals surface area contributed by atoms with E-state index in [1.807, 2.05) is 0 Å². The van der Waals surface area contributed by atoms with Crippen LogP contribution in [0.3, 0.4) is 0 Å². The first-order valence-electron chi connectivity index (χ1n) is 20.6. The zero-order valence-electron chi connectivity index (χ0n) is 37.2. The van der Waals surface area contributed by atoms with Gasteiger partial charge in [-0.15, -0.1) is 0 Å². The number of carboxylic acid groups (broad SMARTS) is 3. The average molecular weight is 902 g/mol. The summed E-state index contributed by atoms with van der Waals surface area (Å²) in [5.74, 6) is -14.1. The molecule has 0 aliphatic rings. The van der Waals surface area contributed by atoms with Gasteiger partial charge in [-0.05, 0) is 37.0 Å². The Morgan fingerprint density at radius 3 is 1.35 bits per heavy atom. The number of nitrogens with two attached hydrogens (primary N) is 1. The smallest absolute Gasteiger partial charge is 0.326 e. The SMILES string of the molecule is CC[C@H](C)[C@H](NC(=O)[C@H](C)N)C(=O)N[C@H](C(=O)N[C@@H](CC(=O)O)C(=O)NCC(=O)N[C@H](C(=O)N[C@@H](CCC(=O)O)C(=O)N[C@@H](CO)C(=O)N[C@H](C(=O)O)C(C)C)C(C)C)[C@@H](C)CC. The predicted octanol–water partition coefficient (Wildman–Crippen LogP) is -3.34. The second-order valence-corrected chi connectivity index (χ2v) is 16.0. The Labute approximate surface area is 365 Å². The van der Waals surface area contributed by atoms with Crippen LogP contribution in [-0.4, -0.2) is 147 Å². The van der Waals surface area contributed by atoms with Crippen LogP contribution >= 0.6 is 0 Å². The van der Waals surface area contributed by atoms with Crippen molar-refractivity contribution in [3.05, 3.63) is 0 Å². The Bertz CT molecular complexity index is 1640. The highest BCUT2D eigenvalue weighted by molar-refractivity contribution is 5.98. The third kappa shape index (κ3) is 20.2. The van der Waals surface area contributed by atoms with Crippen LogP contribution in [-0.2, 0) is 52.7 Å². The molecule has 0 aliphatic carbocycles. The van der Waals surface area contributed by atoms with Crippen LogP contribution in [0.15, 0.2) is 0 Å². The van der Waals surface area contributed by atoms with Gasteiger partial charge in [0, 0.05) is 6.42 Å². The fourth-order valence-electron chi connectivity index (χ4n) is 5.66. The molecule has 63 heavy (non-hydrogen) atoms. The van der Waals surface area contributed by atoms with E-state index in [-0.39, 0.29) is 5.92 Å². The first-order valence-corrected chi connectivity index (χ1v) is 20.6. The summed E-state index contributed by atoms with van der Waals surface area (Å²) < 4.78 is 0. The third-order valence-electron chi connectivity index (χ3n) is 10.0. The van der Waals surface area contributed by atoms with E-state index in [0.29, 0.717) is 12.8 Å². The number of carbonyl (C=O) groups excluding carboxylic acids is 8. The summed E-state index contributed by atoms with van der Waals surface area (Å²) in [5.41, 5.74) is 5.66. The number of aliphatic carboxylic acids is 3. The maximum Gasteiger partial charge on any atom is 0.326 e. The Kier molecular flexibility index (Phi) is 25.3. The molecule has 0 aromatic rings. The number of carboxylic acids is 3. The molecule has 0 radical (unpaired) electrons. The second kappa shape index (κ2) is 27.9. The van der Waals surface area contributed by atoms with Crippen molar-refractivity contribution in [3.8, 4) is 0 Å². The Morgan fingerprint density at radius 1 is 0.492 bits per heavy atom. The molecule has 24 heteroatoms. The van der Waals surface area contributed by atoms with Gasteiger partial charge in [0.1, 0.15) is 42.3 Å². The summed E-state index contributed by atoms with van der Waals surface area (Å²) in [4.78, 5) is 140. The lowest BCUT2D eigenvalue weighted by atomic mass is 9.94. The van der Waals surface area contributed by atoms with Crippen molar-refractivity contribution in [1.82, 2.24) is 42.5 Å². The first-order chi connectivity index (χ1) is 29.2. The van der Waals surface area contributed by atoms with E-state index in [4.69, 9.17) is 5.73 Å². The lowest BCUT2D eigenvalue weighted by Crippen LogP contribution is -2.61. The quantitative estimate of drug-likeness (QED) is 0.0349. The van der Waals surface area contributed by atoms with Crippen LogP contribution < -0.4 is 48.3 Å². The Balaban J connectivity index is 6.07. The van der Waals surface area contributed by atoms with E-state index >= 15 is 0 Å². The van der Waals surface area contributed by atoms with Gasteiger partial charge in [-0.2, -0.15) is 0 Å². The number of hydrogen-bond donors (Lipinski definition) is 13. The van der Waals surface area contributed by atoms with E-state index in [0.717, 1.165) is 0 Å². The molecule has 0 spiro atoms. The summed E-state index contributed by atoms with van der Waals surface area (Å²) in [6.07, 6.45) is -1.32. The molecular formula is C39H67N9O15. The van der Waals surface area contributed by atoms with Gasteiger partial charge in [0.2, 0.25) is 47.3 Å². The van der Waals surface area contributed by atoms with Crippen LogP contribution in [0.5, 0.6) is 0 Å². The minimum Gasteiger partial charge on any atom is -0.481 e. The monoisotopic (exact) mass is 901 g/mol. The fourth-order valence-corrected chi connectivity index (χ4v) is 5.66. The topological polar surface area (TPSA) is 391 Å². The number of carbonyl (C=O) groups is 11. The number of nitrogens with one attached hydrogen (secondary N) is 8. The zero-order valence-corrected chi connectivity index (χ0v) is 37.2. The maximum atomic E-state index is 13.6. The normalized spacial score (nSPS) is 15.9. The standard InChI is InChI=1S/C39H67N9O15/c1-10-19(7)30(48-38(61)31(20(8)11-2)47-32(55)21(9)40)37(60)43-23(14-27(53)54)33(56)41-15-25(50)45-28(17(3)4)36(59)42-22(12-13-26(51)52)34(57)44-24(16-49)35(58)46-29(18(5)6)39(62)63/h17-24,28-31,49H,10-16,40H2,1-9H3,(H,41,56)(H,42,59)(H,43,60)(H,44,57)(H,45,50)(H,46,58)(H,47,55)(H,48,61)(H,51,52)(H,53,54)(H,62,63)/t19-,20-,21-,22-,23-,24-,28-,29-,30-,31-/m0/s1. The van der Waals surface area contributed by atoms with Crippen LogP contribution in [0, 0.1) is 23.7 Å². The Morgan fingerprint density at radius 2 is 0.921 bits per heavy atom. The third-order valence-corrected chi connectivity index (χ3v) is 10.0. The van der Waals surface area contributed by atoms with Gasteiger partial charge in [0.25, 0.3) is 0 Å². The van der Waals surface area contributed by atoms with Crippen molar-refractivity contribution in [2.45, 2.75) is 143 Å². The van der Waals surface area contributed by atoms with Crippen LogP contribution in [0.4, 0.5) is 0 Å². The maximum absolute atomic E-state index is 13.6. The molecule has 0 aliphatic heterocycles. The molecule has 0 rings (SSSR count). The van der Waals surface area contributed by atoms with Crippen LogP contribution in [0.25, 0.3) is 0 Å². The summed E-state index contributed by atoms with van der Waals surface area (Å²) >= 11 is 0. The molecule has 14 N–H and O–H groups in total. The summed E-state index contributed by atoms with van der Waals surface area (Å²) in [7, 11) is 0. The number of aliphatic hydroxyl groups is 1. The van der Waals surface area contributed by atoms with Gasteiger partial charge in [-0.1, -0.05) is 68.2 Å². The molecule has 0 bridgehead atoms. The minimum atomic E-state index is -1.77. The molecule has 0 aromatic carbocycles. The van der Waals surface area contributed by atoms with Crippen LogP contribution in [0.1, 0.15) is 94.4 Å². The number of hydrogen-bond acceptors (Lipinski definition) is 13. The molecule has 358 valence electrons.